The molecule has 0 saturated carbocycles. The Morgan fingerprint density at radius 3 is 2.71 bits per heavy atom. The number of ketones is 1. The van der Waals surface area contributed by atoms with Crippen LogP contribution in [0.5, 0.6) is 0 Å². The van der Waals surface area contributed by atoms with Crippen LogP contribution in [0, 0.1) is 17.6 Å². The summed E-state index contributed by atoms with van der Waals surface area (Å²) in [6, 6.07) is 3.77. The lowest BCUT2D eigenvalue weighted by Crippen LogP contribution is -2.15. The van der Waals surface area contributed by atoms with Crippen molar-refractivity contribution in [2.24, 2.45) is 5.92 Å². The second-order valence-electron chi connectivity index (χ2n) is 4.28. The molecule has 0 unspecified atom stereocenters. The second kappa shape index (κ2) is 5.63. The molecule has 1 fully saturated rings. The average Bonchev–Trinajstić information content (AvgIpc) is 2.34. The quantitative estimate of drug-likeness (QED) is 0.767. The van der Waals surface area contributed by atoms with E-state index >= 15 is 0 Å². The molecule has 1 nitrogen and oxygen atoms in total. The molecule has 0 N–H and O–H groups in total. The molecule has 1 aliphatic rings. The molecule has 1 aliphatic heterocycles. The van der Waals surface area contributed by atoms with Crippen LogP contribution < -0.4 is 0 Å². The van der Waals surface area contributed by atoms with Crippen molar-refractivity contribution in [3.63, 3.8) is 0 Å². The Kier molecular flexibility index (Phi) is 4.15. The molecule has 2 rings (SSSR count). The summed E-state index contributed by atoms with van der Waals surface area (Å²) in [6.45, 7) is 0. The van der Waals surface area contributed by atoms with E-state index in [1.54, 1.807) is 0 Å². The Bertz CT molecular complexity index is 414. The third-order valence-electron chi connectivity index (χ3n) is 3.07. The molecule has 0 radical (unpaired) electrons. The number of halogens is 2. The normalized spacial score (nSPS) is 17.1. The van der Waals surface area contributed by atoms with Gasteiger partial charge in [-0.1, -0.05) is 6.07 Å². The van der Waals surface area contributed by atoms with Gasteiger partial charge in [0.05, 0.1) is 5.56 Å². The molecule has 92 valence electrons. The summed E-state index contributed by atoms with van der Waals surface area (Å²) in [6.07, 6.45) is 2.32. The van der Waals surface area contributed by atoms with Gasteiger partial charge >= 0.3 is 0 Å². The highest BCUT2D eigenvalue weighted by Gasteiger charge is 2.21. The largest absolute Gasteiger partial charge is 0.294 e. The summed E-state index contributed by atoms with van der Waals surface area (Å²) in [4.78, 5) is 11.9. The van der Waals surface area contributed by atoms with E-state index in [9.17, 15) is 13.6 Å². The van der Waals surface area contributed by atoms with Gasteiger partial charge in [-0.25, -0.2) is 8.78 Å². The van der Waals surface area contributed by atoms with Gasteiger partial charge in [0, 0.05) is 6.42 Å². The molecule has 0 aromatic heterocycles. The van der Waals surface area contributed by atoms with E-state index < -0.39 is 11.6 Å². The maximum absolute atomic E-state index is 13.4. The third kappa shape index (κ3) is 3.06. The highest BCUT2D eigenvalue weighted by molar-refractivity contribution is 7.99. The topological polar surface area (TPSA) is 17.1 Å². The number of Topliss-reactive ketones (excluding diaryl/α,β-unsaturated/α-hetero) is 1. The summed E-state index contributed by atoms with van der Waals surface area (Å²) in [5, 5.41) is 0. The Balaban J connectivity index is 2.06. The molecule has 1 saturated heterocycles. The van der Waals surface area contributed by atoms with Gasteiger partial charge in [-0.2, -0.15) is 11.8 Å². The van der Waals surface area contributed by atoms with E-state index in [0.717, 1.165) is 30.4 Å². The van der Waals surface area contributed by atoms with Crippen LogP contribution in [0.25, 0.3) is 0 Å². The fraction of sp³-hybridized carbons (Fsp3) is 0.462. The van der Waals surface area contributed by atoms with Crippen LogP contribution in [0.1, 0.15) is 29.6 Å². The van der Waals surface area contributed by atoms with Crippen molar-refractivity contribution in [3.8, 4) is 0 Å². The smallest absolute Gasteiger partial charge is 0.169 e. The van der Waals surface area contributed by atoms with E-state index in [-0.39, 0.29) is 11.3 Å². The zero-order chi connectivity index (χ0) is 12.3. The second-order valence-corrected chi connectivity index (χ2v) is 5.51. The molecule has 1 heterocycles. The first-order valence-corrected chi connectivity index (χ1v) is 6.89. The van der Waals surface area contributed by atoms with Crippen molar-refractivity contribution < 1.29 is 13.6 Å². The predicted octanol–water partition coefficient (Wildman–Crippen LogP) is 3.68. The van der Waals surface area contributed by atoms with Gasteiger partial charge in [0.2, 0.25) is 0 Å². The summed E-state index contributed by atoms with van der Waals surface area (Å²) in [5.41, 5.74) is -0.108. The number of carbonyl (C=O) groups is 1. The van der Waals surface area contributed by atoms with Crippen molar-refractivity contribution >= 4 is 17.5 Å². The number of rotatable bonds is 3. The average molecular weight is 256 g/mol. The minimum absolute atomic E-state index is 0.108. The minimum Gasteiger partial charge on any atom is -0.294 e. The lowest BCUT2D eigenvalue weighted by Gasteiger charge is -2.20. The zero-order valence-corrected chi connectivity index (χ0v) is 10.2. The zero-order valence-electron chi connectivity index (χ0n) is 9.42. The van der Waals surface area contributed by atoms with Crippen LogP contribution in [0.2, 0.25) is 0 Å². The van der Waals surface area contributed by atoms with Crippen molar-refractivity contribution in [2.75, 3.05) is 11.5 Å². The molecule has 0 atom stereocenters. The summed E-state index contributed by atoms with van der Waals surface area (Å²) in [7, 11) is 0. The lowest BCUT2D eigenvalue weighted by molar-refractivity contribution is 0.0953. The molecule has 0 bridgehead atoms. The maximum atomic E-state index is 13.4. The van der Waals surface area contributed by atoms with Crippen molar-refractivity contribution in [1.82, 2.24) is 0 Å². The molecular formula is C13H14F2OS. The van der Waals surface area contributed by atoms with E-state index in [4.69, 9.17) is 0 Å². The molecule has 4 heteroatoms. The van der Waals surface area contributed by atoms with Crippen LogP contribution in [-0.2, 0) is 0 Å². The van der Waals surface area contributed by atoms with E-state index in [2.05, 4.69) is 0 Å². The maximum Gasteiger partial charge on any atom is 0.169 e. The van der Waals surface area contributed by atoms with Gasteiger partial charge in [0.1, 0.15) is 0 Å². The molecule has 1 aromatic rings. The summed E-state index contributed by atoms with van der Waals surface area (Å²) in [5.74, 6) is 0.204. The van der Waals surface area contributed by atoms with E-state index in [1.165, 1.54) is 12.1 Å². The SMILES string of the molecule is O=C(CC1CCSCC1)c1cccc(F)c1F. The molecule has 1 aromatic carbocycles. The van der Waals surface area contributed by atoms with Gasteiger partial charge in [-0.3, -0.25) is 4.79 Å². The lowest BCUT2D eigenvalue weighted by atomic mass is 9.93. The number of benzene rings is 1. The van der Waals surface area contributed by atoms with Crippen LogP contribution in [-0.4, -0.2) is 17.3 Å². The van der Waals surface area contributed by atoms with E-state index in [1.807, 2.05) is 11.8 Å². The fourth-order valence-electron chi connectivity index (χ4n) is 2.04. The first kappa shape index (κ1) is 12.6. The summed E-state index contributed by atoms with van der Waals surface area (Å²) < 4.78 is 26.4. The Labute approximate surface area is 104 Å². The number of hydrogen-bond donors (Lipinski definition) is 0. The number of hydrogen-bond acceptors (Lipinski definition) is 2. The summed E-state index contributed by atoms with van der Waals surface area (Å²) >= 11 is 1.88. The standard InChI is InChI=1S/C13H14F2OS/c14-11-3-1-2-10(13(11)15)12(16)8-9-4-6-17-7-5-9/h1-3,9H,4-8H2. The third-order valence-corrected chi connectivity index (χ3v) is 4.12. The van der Waals surface area contributed by atoms with Crippen LogP contribution >= 0.6 is 11.8 Å². The van der Waals surface area contributed by atoms with Crippen molar-refractivity contribution in [3.05, 3.63) is 35.4 Å². The van der Waals surface area contributed by atoms with Gasteiger partial charge in [0.15, 0.2) is 17.4 Å². The number of thioether (sulfide) groups is 1. The molecule has 17 heavy (non-hydrogen) atoms. The highest BCUT2D eigenvalue weighted by atomic mass is 32.2. The highest BCUT2D eigenvalue weighted by Crippen LogP contribution is 2.27. The first-order valence-electron chi connectivity index (χ1n) is 5.73. The van der Waals surface area contributed by atoms with Crippen LogP contribution in [0.3, 0.4) is 0 Å². The molecular weight excluding hydrogens is 242 g/mol. The predicted molar refractivity (Wildman–Crippen MR) is 65.4 cm³/mol. The minimum atomic E-state index is -1.01. The van der Waals surface area contributed by atoms with Gasteiger partial charge < -0.3 is 0 Å². The van der Waals surface area contributed by atoms with Gasteiger partial charge in [-0.15, -0.1) is 0 Å². The first-order chi connectivity index (χ1) is 8.18. The monoisotopic (exact) mass is 256 g/mol. The Morgan fingerprint density at radius 2 is 2.00 bits per heavy atom. The molecule has 0 amide bonds. The Morgan fingerprint density at radius 1 is 1.29 bits per heavy atom. The molecule has 0 aliphatic carbocycles. The van der Waals surface area contributed by atoms with Crippen molar-refractivity contribution in [1.29, 1.82) is 0 Å². The van der Waals surface area contributed by atoms with Crippen LogP contribution in [0.4, 0.5) is 8.78 Å². The van der Waals surface area contributed by atoms with Crippen molar-refractivity contribution in [2.45, 2.75) is 19.3 Å². The number of carbonyl (C=O) groups excluding carboxylic acids is 1. The van der Waals surface area contributed by atoms with Gasteiger partial charge in [-0.05, 0) is 42.4 Å². The fourth-order valence-corrected chi connectivity index (χ4v) is 3.25. The van der Waals surface area contributed by atoms with Gasteiger partial charge in [0.25, 0.3) is 0 Å². The van der Waals surface area contributed by atoms with Crippen LogP contribution in [0.15, 0.2) is 18.2 Å². The van der Waals surface area contributed by atoms with E-state index in [0.29, 0.717) is 12.3 Å². The Hall–Kier alpha value is -0.900. The molecule has 0 spiro atoms.